The lowest BCUT2D eigenvalue weighted by Gasteiger charge is -2.08. The van der Waals surface area contributed by atoms with E-state index < -0.39 is 0 Å². The van der Waals surface area contributed by atoms with E-state index in [2.05, 4.69) is 28.4 Å². The van der Waals surface area contributed by atoms with Crippen LogP contribution in [-0.4, -0.2) is 14.5 Å². The Morgan fingerprint density at radius 3 is 2.94 bits per heavy atom. The van der Waals surface area contributed by atoms with Crippen LogP contribution in [0.4, 0.5) is 0 Å². The Bertz CT molecular complexity index is 490. The van der Waals surface area contributed by atoms with Gasteiger partial charge in [0.1, 0.15) is 11.3 Å². The zero-order valence-corrected chi connectivity index (χ0v) is 11.1. The highest BCUT2D eigenvalue weighted by Gasteiger charge is 2.09. The van der Waals surface area contributed by atoms with Gasteiger partial charge in [0, 0.05) is 12.7 Å². The molecule has 92 valence electrons. The molecule has 2 aromatic rings. The molecule has 17 heavy (non-hydrogen) atoms. The highest BCUT2D eigenvalue weighted by molar-refractivity contribution is 6.16. The van der Waals surface area contributed by atoms with E-state index >= 15 is 0 Å². The maximum Gasteiger partial charge on any atom is 0.124 e. The summed E-state index contributed by atoms with van der Waals surface area (Å²) in [5.74, 6) is 2.14. The van der Waals surface area contributed by atoms with Gasteiger partial charge < -0.3 is 4.57 Å². The van der Waals surface area contributed by atoms with Crippen molar-refractivity contribution in [2.75, 3.05) is 0 Å². The Labute approximate surface area is 107 Å². The Morgan fingerprint density at radius 2 is 2.24 bits per heavy atom. The second-order valence-corrected chi connectivity index (χ2v) is 4.98. The average molecular weight is 252 g/mol. The van der Waals surface area contributed by atoms with E-state index in [4.69, 9.17) is 11.6 Å². The normalized spacial score (nSPS) is 11.5. The van der Waals surface area contributed by atoms with Gasteiger partial charge in [0.05, 0.1) is 17.6 Å². The fourth-order valence-corrected chi connectivity index (χ4v) is 2.24. The van der Waals surface area contributed by atoms with Gasteiger partial charge >= 0.3 is 0 Å². The minimum absolute atomic E-state index is 0.455. The summed E-state index contributed by atoms with van der Waals surface area (Å²) in [7, 11) is 0. The number of alkyl halides is 1. The van der Waals surface area contributed by atoms with Crippen LogP contribution in [0.25, 0.3) is 11.0 Å². The molecule has 0 N–H and O–H groups in total. The predicted octanol–water partition coefficient (Wildman–Crippen LogP) is 3.61. The summed E-state index contributed by atoms with van der Waals surface area (Å²) < 4.78 is 2.21. The number of pyridine rings is 1. The van der Waals surface area contributed by atoms with Gasteiger partial charge in [0.15, 0.2) is 0 Å². The lowest BCUT2D eigenvalue weighted by molar-refractivity contribution is 0.512. The molecule has 2 rings (SSSR count). The summed E-state index contributed by atoms with van der Waals surface area (Å²) in [6.45, 7) is 5.48. The lowest BCUT2D eigenvalue weighted by Crippen LogP contribution is -2.03. The fraction of sp³-hybridized carbons (Fsp3) is 0.538. The summed E-state index contributed by atoms with van der Waals surface area (Å²) >= 11 is 5.94. The first-order valence-electron chi connectivity index (χ1n) is 6.07. The van der Waals surface area contributed by atoms with Gasteiger partial charge in [-0.25, -0.2) is 4.98 Å². The van der Waals surface area contributed by atoms with Crippen molar-refractivity contribution >= 4 is 22.6 Å². The molecule has 0 unspecified atom stereocenters. The summed E-state index contributed by atoms with van der Waals surface area (Å²) in [4.78, 5) is 8.59. The third-order valence-electron chi connectivity index (χ3n) is 2.91. The van der Waals surface area contributed by atoms with Crippen LogP contribution in [0.5, 0.6) is 0 Å². The van der Waals surface area contributed by atoms with Crippen LogP contribution in [0.2, 0.25) is 0 Å². The van der Waals surface area contributed by atoms with Crippen LogP contribution < -0.4 is 0 Å². The van der Waals surface area contributed by atoms with E-state index in [1.807, 2.05) is 6.07 Å². The van der Waals surface area contributed by atoms with E-state index in [9.17, 15) is 0 Å². The predicted molar refractivity (Wildman–Crippen MR) is 71.2 cm³/mol. The van der Waals surface area contributed by atoms with Gasteiger partial charge in [-0.3, -0.25) is 4.98 Å². The molecule has 2 aromatic heterocycles. The highest BCUT2D eigenvalue weighted by Crippen LogP contribution is 2.18. The monoisotopic (exact) mass is 251 g/mol. The van der Waals surface area contributed by atoms with E-state index in [-0.39, 0.29) is 0 Å². The molecule has 3 nitrogen and oxygen atoms in total. The molecule has 0 aliphatic rings. The van der Waals surface area contributed by atoms with Gasteiger partial charge in [-0.05, 0) is 24.8 Å². The fourth-order valence-electron chi connectivity index (χ4n) is 2.04. The van der Waals surface area contributed by atoms with Gasteiger partial charge in [0.2, 0.25) is 0 Å². The van der Waals surface area contributed by atoms with Crippen molar-refractivity contribution in [3.05, 3.63) is 24.3 Å². The number of hydrogen-bond donors (Lipinski definition) is 0. The molecule has 0 atom stereocenters. The average Bonchev–Trinajstić information content (AvgIpc) is 2.67. The number of aromatic nitrogens is 3. The Kier molecular flexibility index (Phi) is 4.00. The lowest BCUT2D eigenvalue weighted by atomic mass is 10.1. The first kappa shape index (κ1) is 12.4. The zero-order chi connectivity index (χ0) is 12.3. The molecule has 0 spiro atoms. The number of imidazole rings is 1. The minimum atomic E-state index is 0.455. The molecule has 0 fully saturated rings. The summed E-state index contributed by atoms with van der Waals surface area (Å²) in [6.07, 6.45) is 5.99. The number of halogens is 1. The van der Waals surface area contributed by atoms with Crippen LogP contribution >= 0.6 is 11.6 Å². The van der Waals surface area contributed by atoms with Crippen LogP contribution in [0, 0.1) is 5.92 Å². The second kappa shape index (κ2) is 5.50. The van der Waals surface area contributed by atoms with Crippen molar-refractivity contribution < 1.29 is 0 Å². The van der Waals surface area contributed by atoms with Crippen molar-refractivity contribution in [1.82, 2.24) is 14.5 Å². The quantitative estimate of drug-likeness (QED) is 0.760. The Balaban J connectivity index is 2.24. The summed E-state index contributed by atoms with van der Waals surface area (Å²) in [5.41, 5.74) is 2.08. The Morgan fingerprint density at radius 1 is 1.41 bits per heavy atom. The minimum Gasteiger partial charge on any atom is -0.327 e. The van der Waals surface area contributed by atoms with Crippen molar-refractivity contribution in [3.8, 4) is 0 Å². The molecule has 0 aliphatic heterocycles. The van der Waals surface area contributed by atoms with Crippen LogP contribution in [0.3, 0.4) is 0 Å². The van der Waals surface area contributed by atoms with Crippen molar-refractivity contribution in [2.24, 2.45) is 5.92 Å². The maximum absolute atomic E-state index is 5.94. The van der Waals surface area contributed by atoms with E-state index in [1.54, 1.807) is 12.4 Å². The molecule has 0 saturated heterocycles. The molecule has 0 saturated carbocycles. The molecule has 0 amide bonds. The smallest absolute Gasteiger partial charge is 0.124 e. The topological polar surface area (TPSA) is 30.7 Å². The summed E-state index contributed by atoms with van der Waals surface area (Å²) in [5, 5.41) is 0. The van der Waals surface area contributed by atoms with Gasteiger partial charge in [-0.1, -0.05) is 13.8 Å². The highest BCUT2D eigenvalue weighted by atomic mass is 35.5. The van der Waals surface area contributed by atoms with Gasteiger partial charge in [-0.2, -0.15) is 0 Å². The van der Waals surface area contributed by atoms with Crippen molar-refractivity contribution in [2.45, 2.75) is 39.1 Å². The van der Waals surface area contributed by atoms with E-state index in [0.29, 0.717) is 5.88 Å². The number of nitrogens with zero attached hydrogens (tertiary/aromatic N) is 3. The molecule has 2 heterocycles. The van der Waals surface area contributed by atoms with Crippen LogP contribution in [0.15, 0.2) is 18.5 Å². The van der Waals surface area contributed by atoms with Gasteiger partial charge in [-0.15, -0.1) is 11.6 Å². The molecule has 0 aromatic carbocycles. The largest absolute Gasteiger partial charge is 0.327 e. The molecule has 0 aliphatic carbocycles. The second-order valence-electron chi connectivity index (χ2n) is 4.71. The number of hydrogen-bond acceptors (Lipinski definition) is 2. The van der Waals surface area contributed by atoms with E-state index in [1.165, 1.54) is 6.42 Å². The molecule has 4 heteroatoms. The van der Waals surface area contributed by atoms with Crippen molar-refractivity contribution in [1.29, 1.82) is 0 Å². The number of fused-ring (bicyclic) bond motifs is 1. The molecule has 0 bridgehead atoms. The standard InChI is InChI=1S/C13H18ClN3/c1-10(2)4-3-7-17-12-5-6-15-9-11(12)16-13(17)8-14/h5-6,9-10H,3-4,7-8H2,1-2H3. The SMILES string of the molecule is CC(C)CCCn1c(CCl)nc2cnccc21. The molecular formula is C13H18ClN3. The van der Waals surface area contributed by atoms with Crippen molar-refractivity contribution in [3.63, 3.8) is 0 Å². The Hall–Kier alpha value is -1.09. The maximum atomic E-state index is 5.94. The van der Waals surface area contributed by atoms with Gasteiger partial charge in [0.25, 0.3) is 0 Å². The van der Waals surface area contributed by atoms with Crippen LogP contribution in [-0.2, 0) is 12.4 Å². The third-order valence-corrected chi connectivity index (χ3v) is 3.15. The first-order valence-corrected chi connectivity index (χ1v) is 6.61. The zero-order valence-electron chi connectivity index (χ0n) is 10.4. The molecule has 0 radical (unpaired) electrons. The number of rotatable bonds is 5. The molecular weight excluding hydrogens is 234 g/mol. The third kappa shape index (κ3) is 2.78. The van der Waals surface area contributed by atoms with E-state index in [0.717, 1.165) is 35.7 Å². The number of aryl methyl sites for hydroxylation is 1. The summed E-state index contributed by atoms with van der Waals surface area (Å²) in [6, 6.07) is 2.01. The van der Waals surface area contributed by atoms with Crippen LogP contribution in [0.1, 0.15) is 32.5 Å². The first-order chi connectivity index (χ1) is 8.22.